The summed E-state index contributed by atoms with van der Waals surface area (Å²) >= 11 is 0. The number of sulfone groups is 1. The van der Waals surface area contributed by atoms with Crippen LogP contribution in [0.3, 0.4) is 0 Å². The summed E-state index contributed by atoms with van der Waals surface area (Å²) in [4.78, 5) is 34.3. The van der Waals surface area contributed by atoms with E-state index in [-0.39, 0.29) is 11.3 Å². The van der Waals surface area contributed by atoms with E-state index < -0.39 is 39.9 Å². The maximum absolute atomic E-state index is 12.9. The van der Waals surface area contributed by atoms with Gasteiger partial charge in [-0.25, -0.2) is 18.0 Å². The van der Waals surface area contributed by atoms with Gasteiger partial charge in [-0.1, -0.05) is 54.6 Å². The number of carboxylic acids is 1. The minimum absolute atomic E-state index is 0.208. The number of esters is 1. The van der Waals surface area contributed by atoms with E-state index in [1.54, 1.807) is 54.6 Å². The number of amides is 1. The predicted octanol–water partition coefficient (Wildman–Crippen LogP) is 3.20. The van der Waals surface area contributed by atoms with Gasteiger partial charge < -0.3 is 21.0 Å². The number of methoxy groups -OCH3 is 1. The Balaban J connectivity index is 0.000000745. The van der Waals surface area contributed by atoms with Crippen molar-refractivity contribution in [3.63, 3.8) is 0 Å². The van der Waals surface area contributed by atoms with E-state index in [1.165, 1.54) is 13.3 Å². The molecule has 0 aliphatic carbocycles. The lowest BCUT2D eigenvalue weighted by molar-refractivity contribution is -0.192. The molecule has 1 atom stereocenters. The lowest BCUT2D eigenvalue weighted by atomic mass is 10.0. The Morgan fingerprint density at radius 2 is 1.66 bits per heavy atom. The highest BCUT2D eigenvalue weighted by atomic mass is 32.2. The Hall–Kier alpha value is -4.72. The van der Waals surface area contributed by atoms with Crippen LogP contribution in [0, 0.1) is 0 Å². The van der Waals surface area contributed by atoms with Gasteiger partial charge in [0.1, 0.15) is 6.04 Å². The second kappa shape index (κ2) is 14.1. The van der Waals surface area contributed by atoms with Crippen molar-refractivity contribution in [2.75, 3.05) is 13.4 Å². The van der Waals surface area contributed by atoms with E-state index in [1.807, 2.05) is 18.2 Å². The van der Waals surface area contributed by atoms with Crippen LogP contribution in [-0.4, -0.2) is 63.2 Å². The molecule has 3 aromatic rings. The molecule has 14 heteroatoms. The molecule has 0 fully saturated rings. The molecule has 0 saturated carbocycles. The van der Waals surface area contributed by atoms with E-state index in [4.69, 9.17) is 20.5 Å². The zero-order valence-corrected chi connectivity index (χ0v) is 22.6. The van der Waals surface area contributed by atoms with Crippen molar-refractivity contribution in [2.24, 2.45) is 10.9 Å². The van der Waals surface area contributed by atoms with E-state index in [2.05, 4.69) is 10.4 Å². The number of hydrogen-bond donors (Lipinski definition) is 3. The molecular weight excluding hydrogens is 567 g/mol. The Morgan fingerprint density at radius 3 is 2.20 bits per heavy atom. The van der Waals surface area contributed by atoms with Gasteiger partial charge >= 0.3 is 18.1 Å². The average molecular weight is 594 g/mol. The fraction of sp³-hybridized carbons (Fsp3) is 0.185. The third kappa shape index (κ3) is 9.76. The number of benzene rings is 3. The van der Waals surface area contributed by atoms with Crippen LogP contribution < -0.4 is 11.2 Å². The van der Waals surface area contributed by atoms with Gasteiger partial charge in [0.15, 0.2) is 9.84 Å². The highest BCUT2D eigenvalue weighted by Gasteiger charge is 2.38. The summed E-state index contributed by atoms with van der Waals surface area (Å²) in [6.07, 6.45) is -2.23. The number of nitrogens with zero attached hydrogens (tertiary/aromatic N) is 1. The molecule has 0 saturated heterocycles. The molecule has 1 amide bonds. The molecule has 0 radical (unpaired) electrons. The smallest absolute Gasteiger partial charge is 0.475 e. The molecule has 0 spiro atoms. The minimum Gasteiger partial charge on any atom is -0.475 e. The first-order valence-corrected chi connectivity index (χ1v) is 13.5. The number of hydrogen-bond acceptors (Lipinski definition) is 8. The van der Waals surface area contributed by atoms with Crippen LogP contribution in [0.1, 0.15) is 21.5 Å². The van der Waals surface area contributed by atoms with Crippen LogP contribution >= 0.6 is 0 Å². The van der Waals surface area contributed by atoms with Gasteiger partial charge in [0.2, 0.25) is 0 Å². The van der Waals surface area contributed by atoms with Gasteiger partial charge in [-0.15, -0.1) is 0 Å². The van der Waals surface area contributed by atoms with Gasteiger partial charge in [0.05, 0.1) is 18.2 Å². The lowest BCUT2D eigenvalue weighted by Gasteiger charge is -2.17. The Kier molecular flexibility index (Phi) is 11.2. The van der Waals surface area contributed by atoms with E-state index in [0.717, 1.165) is 17.4 Å². The van der Waals surface area contributed by atoms with Crippen molar-refractivity contribution in [1.82, 2.24) is 5.32 Å². The molecular formula is C27H26F3N3O7S. The van der Waals surface area contributed by atoms with Crippen LogP contribution in [0.4, 0.5) is 13.2 Å². The molecule has 0 heterocycles. The second-order valence-corrected chi connectivity index (χ2v) is 10.4. The SMILES string of the molecule is COC(=O)[C@H](Cc1cccc(/C=N\N)c1)NC(=O)c1ccc(-c2ccccc2S(C)(=O)=O)cc1.O=C(O)C(F)(F)F. The lowest BCUT2D eigenvalue weighted by Crippen LogP contribution is -2.43. The number of alkyl halides is 3. The predicted molar refractivity (Wildman–Crippen MR) is 144 cm³/mol. The van der Waals surface area contributed by atoms with Crippen LogP contribution in [0.2, 0.25) is 0 Å². The molecule has 0 bridgehead atoms. The molecule has 0 aromatic heterocycles. The zero-order valence-electron chi connectivity index (χ0n) is 21.8. The van der Waals surface area contributed by atoms with Crippen molar-refractivity contribution < 1.29 is 45.8 Å². The molecule has 3 aromatic carbocycles. The van der Waals surface area contributed by atoms with Crippen LogP contribution in [0.25, 0.3) is 11.1 Å². The summed E-state index contributed by atoms with van der Waals surface area (Å²) < 4.78 is 60.8. The summed E-state index contributed by atoms with van der Waals surface area (Å²) in [5.74, 6) is 1.40. The number of nitrogens with one attached hydrogen (secondary N) is 1. The van der Waals surface area contributed by atoms with Crippen molar-refractivity contribution in [3.05, 3.63) is 89.5 Å². The molecule has 10 nitrogen and oxygen atoms in total. The van der Waals surface area contributed by atoms with E-state index in [0.29, 0.717) is 16.7 Å². The molecule has 0 aliphatic rings. The number of rotatable bonds is 8. The average Bonchev–Trinajstić information content (AvgIpc) is 2.92. The first-order valence-electron chi connectivity index (χ1n) is 11.6. The monoisotopic (exact) mass is 593 g/mol. The van der Waals surface area contributed by atoms with Crippen molar-refractivity contribution in [2.45, 2.75) is 23.5 Å². The zero-order chi connectivity index (χ0) is 30.8. The normalized spacial score (nSPS) is 12.1. The fourth-order valence-corrected chi connectivity index (χ4v) is 4.44. The van der Waals surface area contributed by atoms with Crippen LogP contribution in [0.5, 0.6) is 0 Å². The number of carbonyl (C=O) groups excluding carboxylic acids is 2. The third-order valence-corrected chi connectivity index (χ3v) is 6.55. The topological polar surface area (TPSA) is 165 Å². The summed E-state index contributed by atoms with van der Waals surface area (Å²) in [5.41, 5.74) is 3.07. The third-order valence-electron chi connectivity index (χ3n) is 5.39. The first-order chi connectivity index (χ1) is 19.2. The first kappa shape index (κ1) is 32.5. The Bertz CT molecular complexity index is 1520. The molecule has 218 valence electrons. The standard InChI is InChI=1S/C25H25N3O5S.C2HF3O2/c1-33-25(30)22(15-17-6-5-7-18(14-17)16-27-26)28-24(29)20-12-10-19(11-13-20)21-8-3-4-9-23(21)34(2,31)32;3-2(4,5)1(6)7/h3-14,16,22H,15,26H2,1-2H3,(H,28,29);(H,6,7)/b27-16-;/t22-;/m0./s1. The fourth-order valence-electron chi connectivity index (χ4n) is 3.53. The number of carbonyl (C=O) groups is 3. The number of ether oxygens (including phenoxy) is 1. The van der Waals surface area contributed by atoms with Gasteiger partial charge in [-0.2, -0.15) is 18.3 Å². The van der Waals surface area contributed by atoms with Crippen LogP contribution in [-0.2, 0) is 30.6 Å². The number of carboxylic acid groups (broad SMARTS) is 1. The number of nitrogens with two attached hydrogens (primary N) is 1. The van der Waals surface area contributed by atoms with Crippen molar-refractivity contribution >= 4 is 33.9 Å². The van der Waals surface area contributed by atoms with Gasteiger partial charge in [0, 0.05) is 23.8 Å². The summed E-state index contributed by atoms with van der Waals surface area (Å²) in [6, 6.07) is 19.5. The minimum atomic E-state index is -5.08. The molecule has 4 N–H and O–H groups in total. The number of aliphatic carboxylic acids is 1. The molecule has 0 unspecified atom stereocenters. The second-order valence-electron chi connectivity index (χ2n) is 8.43. The quantitative estimate of drug-likeness (QED) is 0.155. The molecule has 3 rings (SSSR count). The van der Waals surface area contributed by atoms with Gasteiger partial charge in [-0.05, 0) is 34.9 Å². The van der Waals surface area contributed by atoms with E-state index >= 15 is 0 Å². The van der Waals surface area contributed by atoms with Gasteiger partial charge in [-0.3, -0.25) is 4.79 Å². The van der Waals surface area contributed by atoms with Crippen molar-refractivity contribution in [3.8, 4) is 11.1 Å². The summed E-state index contributed by atoms with van der Waals surface area (Å²) in [5, 5.41) is 13.3. The largest absolute Gasteiger partial charge is 0.490 e. The molecule has 41 heavy (non-hydrogen) atoms. The highest BCUT2D eigenvalue weighted by Crippen LogP contribution is 2.27. The summed E-state index contributed by atoms with van der Waals surface area (Å²) in [7, 11) is -2.16. The maximum Gasteiger partial charge on any atom is 0.490 e. The van der Waals surface area contributed by atoms with Crippen LogP contribution in [0.15, 0.2) is 82.8 Å². The van der Waals surface area contributed by atoms with Crippen molar-refractivity contribution in [1.29, 1.82) is 0 Å². The summed E-state index contributed by atoms with van der Waals surface area (Å²) in [6.45, 7) is 0. The van der Waals surface area contributed by atoms with Gasteiger partial charge in [0.25, 0.3) is 5.91 Å². The van der Waals surface area contributed by atoms with E-state index in [9.17, 15) is 31.2 Å². The highest BCUT2D eigenvalue weighted by molar-refractivity contribution is 7.90. The molecule has 0 aliphatic heterocycles. The Morgan fingerprint density at radius 1 is 1.05 bits per heavy atom. The number of hydrazone groups is 1. The Labute approximate surface area is 233 Å². The number of halogens is 3. The maximum atomic E-state index is 12.9.